The number of aliphatic hydroxyl groups excluding tert-OH is 1. The lowest BCUT2D eigenvalue weighted by molar-refractivity contribution is 0.142. The third-order valence-corrected chi connectivity index (χ3v) is 4.88. The minimum atomic E-state index is -0.364. The van der Waals surface area contributed by atoms with Gasteiger partial charge in [-0.3, -0.25) is 4.99 Å². The van der Waals surface area contributed by atoms with Crippen molar-refractivity contribution in [3.8, 4) is 0 Å². The molecule has 1 atom stereocenters. The Hall–Kier alpha value is -0.890. The Morgan fingerprint density at radius 1 is 1.44 bits per heavy atom. The molecule has 1 aliphatic rings. The van der Waals surface area contributed by atoms with E-state index < -0.39 is 0 Å². The summed E-state index contributed by atoms with van der Waals surface area (Å²) in [6.45, 7) is 6.93. The lowest BCUT2D eigenvalue weighted by atomic mass is 9.78. The second kappa shape index (κ2) is 10.3. The number of aliphatic hydroxyl groups is 1. The smallest absolute Gasteiger partial charge is 0.193 e. The van der Waals surface area contributed by atoms with Gasteiger partial charge in [-0.15, -0.1) is 24.0 Å². The van der Waals surface area contributed by atoms with Gasteiger partial charge < -0.3 is 15.3 Å². The Kier molecular flexibility index (Phi) is 9.13. The lowest BCUT2D eigenvalue weighted by Crippen LogP contribution is -2.49. The molecule has 0 amide bonds. The molecule has 1 aromatic rings. The molecule has 0 aromatic heterocycles. The number of likely N-dealkylation sites (tertiary alicyclic amines) is 1. The van der Waals surface area contributed by atoms with Crippen LogP contribution in [0.15, 0.2) is 23.2 Å². The van der Waals surface area contributed by atoms with Gasteiger partial charge >= 0.3 is 0 Å². The van der Waals surface area contributed by atoms with Crippen LogP contribution in [0.4, 0.5) is 4.39 Å². The number of nitrogens with zero attached hydrogens (tertiary/aromatic N) is 2. The zero-order valence-electron chi connectivity index (χ0n) is 15.5. The van der Waals surface area contributed by atoms with Crippen molar-refractivity contribution in [2.75, 3.05) is 20.1 Å². The summed E-state index contributed by atoms with van der Waals surface area (Å²) in [7, 11) is 1.80. The molecule has 1 saturated heterocycles. The average molecular weight is 463 g/mol. The number of guanidine groups is 1. The molecule has 1 aromatic carbocycles. The van der Waals surface area contributed by atoms with E-state index in [1.807, 2.05) is 0 Å². The van der Waals surface area contributed by atoms with E-state index in [1.165, 1.54) is 31.7 Å². The average Bonchev–Trinajstić information content (AvgIpc) is 2.57. The highest BCUT2D eigenvalue weighted by Crippen LogP contribution is 2.33. The Morgan fingerprint density at radius 3 is 2.84 bits per heavy atom. The van der Waals surface area contributed by atoms with Crippen LogP contribution < -0.4 is 5.32 Å². The fraction of sp³-hybridized carbons (Fsp3) is 0.632. The lowest BCUT2D eigenvalue weighted by Gasteiger charge is -2.42. The Bertz CT molecular complexity index is 578. The number of rotatable bonds is 5. The van der Waals surface area contributed by atoms with E-state index in [2.05, 4.69) is 29.1 Å². The molecule has 0 radical (unpaired) electrons. The summed E-state index contributed by atoms with van der Waals surface area (Å²) in [5.41, 5.74) is 1.62. The van der Waals surface area contributed by atoms with Crippen LogP contribution in [-0.4, -0.2) is 36.1 Å². The van der Waals surface area contributed by atoms with Crippen molar-refractivity contribution in [2.24, 2.45) is 10.4 Å². The first-order chi connectivity index (χ1) is 11.5. The first-order valence-corrected chi connectivity index (χ1v) is 8.85. The summed E-state index contributed by atoms with van der Waals surface area (Å²) in [6, 6.07) is 4.85. The molecule has 1 heterocycles. The number of hydrogen-bond acceptors (Lipinski definition) is 2. The summed E-state index contributed by atoms with van der Waals surface area (Å²) in [6.07, 6.45) is 4.89. The fourth-order valence-corrected chi connectivity index (χ4v) is 3.68. The molecule has 0 spiro atoms. The van der Waals surface area contributed by atoms with Gasteiger partial charge in [0.2, 0.25) is 0 Å². The molecule has 1 aliphatic heterocycles. The van der Waals surface area contributed by atoms with Crippen molar-refractivity contribution in [3.63, 3.8) is 0 Å². The molecule has 4 nitrogen and oxygen atoms in total. The number of aliphatic imine (C=N–C) groups is 1. The number of hydrogen-bond donors (Lipinski definition) is 2. The first kappa shape index (κ1) is 22.2. The van der Waals surface area contributed by atoms with Crippen molar-refractivity contribution in [2.45, 2.75) is 52.7 Å². The summed E-state index contributed by atoms with van der Waals surface area (Å²) >= 11 is 0. The molecular weight excluding hydrogens is 432 g/mol. The van der Waals surface area contributed by atoms with Crippen LogP contribution in [0.25, 0.3) is 0 Å². The van der Waals surface area contributed by atoms with E-state index in [-0.39, 0.29) is 36.4 Å². The van der Waals surface area contributed by atoms with Gasteiger partial charge in [0.25, 0.3) is 0 Å². The van der Waals surface area contributed by atoms with Gasteiger partial charge in [-0.2, -0.15) is 0 Å². The third kappa shape index (κ3) is 6.09. The summed E-state index contributed by atoms with van der Waals surface area (Å²) in [5.74, 6) is 0.531. The van der Waals surface area contributed by atoms with Gasteiger partial charge in [-0.25, -0.2) is 4.39 Å². The Morgan fingerprint density at radius 2 is 2.20 bits per heavy atom. The second-order valence-corrected chi connectivity index (χ2v) is 7.07. The zero-order valence-corrected chi connectivity index (χ0v) is 17.8. The molecular formula is C19H31FIN3O. The molecule has 0 saturated carbocycles. The van der Waals surface area contributed by atoms with E-state index in [9.17, 15) is 9.50 Å². The maximum atomic E-state index is 13.5. The van der Waals surface area contributed by atoms with Crippen LogP contribution in [0.5, 0.6) is 0 Å². The zero-order chi connectivity index (χ0) is 17.6. The highest BCUT2D eigenvalue weighted by Gasteiger charge is 2.31. The van der Waals surface area contributed by atoms with Gasteiger partial charge in [-0.05, 0) is 42.4 Å². The van der Waals surface area contributed by atoms with Crippen LogP contribution in [-0.2, 0) is 13.2 Å². The van der Waals surface area contributed by atoms with Crippen LogP contribution in [0, 0.1) is 11.2 Å². The molecule has 25 heavy (non-hydrogen) atoms. The SMILES string of the molecule is CCCC1(C)CCCN(C(=NC)NCc2ccc(F)c(CO)c2)C1.I. The van der Waals surface area contributed by atoms with Crippen LogP contribution >= 0.6 is 24.0 Å². The highest BCUT2D eigenvalue weighted by molar-refractivity contribution is 14.0. The molecule has 0 aliphatic carbocycles. The van der Waals surface area contributed by atoms with Crippen molar-refractivity contribution >= 4 is 29.9 Å². The molecule has 1 unspecified atom stereocenters. The van der Waals surface area contributed by atoms with E-state index >= 15 is 0 Å². The minimum Gasteiger partial charge on any atom is -0.392 e. The normalized spacial score (nSPS) is 21.0. The van der Waals surface area contributed by atoms with Crippen LogP contribution in [0.1, 0.15) is 50.7 Å². The predicted molar refractivity (Wildman–Crippen MR) is 112 cm³/mol. The summed E-state index contributed by atoms with van der Waals surface area (Å²) in [4.78, 5) is 6.75. The molecule has 6 heteroatoms. The van der Waals surface area contributed by atoms with E-state index in [0.29, 0.717) is 17.5 Å². The molecule has 2 rings (SSSR count). The monoisotopic (exact) mass is 463 g/mol. The third-order valence-electron chi connectivity index (χ3n) is 4.88. The van der Waals surface area contributed by atoms with Crippen LogP contribution in [0.3, 0.4) is 0 Å². The Balaban J connectivity index is 0.00000312. The van der Waals surface area contributed by atoms with Gasteiger partial charge in [-0.1, -0.05) is 26.3 Å². The van der Waals surface area contributed by atoms with Gasteiger partial charge in [0.15, 0.2) is 5.96 Å². The maximum absolute atomic E-state index is 13.5. The summed E-state index contributed by atoms with van der Waals surface area (Å²) < 4.78 is 13.5. The number of halogens is 2. The van der Waals surface area contributed by atoms with Crippen molar-refractivity contribution < 1.29 is 9.50 Å². The maximum Gasteiger partial charge on any atom is 0.193 e. The number of nitrogens with one attached hydrogen (secondary N) is 1. The fourth-order valence-electron chi connectivity index (χ4n) is 3.68. The molecule has 2 N–H and O–H groups in total. The summed E-state index contributed by atoms with van der Waals surface area (Å²) in [5, 5.41) is 12.6. The highest BCUT2D eigenvalue weighted by atomic mass is 127. The molecule has 142 valence electrons. The quantitative estimate of drug-likeness (QED) is 0.396. The Labute approximate surface area is 167 Å². The van der Waals surface area contributed by atoms with Gasteiger partial charge in [0.1, 0.15) is 5.82 Å². The first-order valence-electron chi connectivity index (χ1n) is 8.85. The van der Waals surface area contributed by atoms with Gasteiger partial charge in [0.05, 0.1) is 6.61 Å². The standard InChI is InChI=1S/C19H30FN3O.HI/c1-4-8-19(2)9-5-10-23(14-19)18(21-3)22-12-15-6-7-17(20)16(11-15)13-24;/h6-7,11,24H,4-5,8-10,12-14H2,1-3H3,(H,21,22);1H. The van der Waals surface area contributed by atoms with E-state index in [0.717, 1.165) is 24.6 Å². The predicted octanol–water partition coefficient (Wildman–Crippen LogP) is 3.91. The van der Waals surface area contributed by atoms with Crippen molar-refractivity contribution in [1.29, 1.82) is 0 Å². The number of benzene rings is 1. The second-order valence-electron chi connectivity index (χ2n) is 7.07. The topological polar surface area (TPSA) is 47.9 Å². The minimum absolute atomic E-state index is 0. The van der Waals surface area contributed by atoms with Crippen molar-refractivity contribution in [1.82, 2.24) is 10.2 Å². The largest absolute Gasteiger partial charge is 0.392 e. The van der Waals surface area contributed by atoms with E-state index in [4.69, 9.17) is 0 Å². The van der Waals surface area contributed by atoms with E-state index in [1.54, 1.807) is 19.2 Å². The van der Waals surface area contributed by atoms with Crippen molar-refractivity contribution in [3.05, 3.63) is 35.1 Å². The molecule has 0 bridgehead atoms. The van der Waals surface area contributed by atoms with Crippen LogP contribution in [0.2, 0.25) is 0 Å². The van der Waals surface area contributed by atoms with Gasteiger partial charge in [0, 0.05) is 32.2 Å². The number of piperidine rings is 1. The molecule has 1 fully saturated rings.